The van der Waals surface area contributed by atoms with E-state index in [0.717, 1.165) is 18.8 Å². The third-order valence-corrected chi connectivity index (χ3v) is 3.59. The summed E-state index contributed by atoms with van der Waals surface area (Å²) >= 11 is 0. The van der Waals surface area contributed by atoms with Crippen molar-refractivity contribution in [2.75, 3.05) is 30.3 Å². The zero-order valence-electron chi connectivity index (χ0n) is 12.9. The third-order valence-electron chi connectivity index (χ3n) is 3.59. The molecule has 1 fully saturated rings. The molecule has 1 aromatic rings. The number of rotatable bonds is 3. The Morgan fingerprint density at radius 3 is 2.76 bits per heavy atom. The van der Waals surface area contributed by atoms with Gasteiger partial charge in [-0.3, -0.25) is 0 Å². The van der Waals surface area contributed by atoms with Crippen molar-refractivity contribution in [3.8, 4) is 0 Å². The molecule has 0 aliphatic carbocycles. The van der Waals surface area contributed by atoms with Gasteiger partial charge in [0.25, 0.3) is 0 Å². The summed E-state index contributed by atoms with van der Waals surface area (Å²) in [4.78, 5) is 19.5. The van der Waals surface area contributed by atoms with Crippen LogP contribution in [0.15, 0.2) is 18.3 Å². The van der Waals surface area contributed by atoms with E-state index in [0.29, 0.717) is 18.8 Å². The Kier molecular flexibility index (Phi) is 4.25. The summed E-state index contributed by atoms with van der Waals surface area (Å²) in [6, 6.07) is 3.72. The van der Waals surface area contributed by atoms with Gasteiger partial charge in [0.2, 0.25) is 0 Å². The molecule has 1 saturated heterocycles. The van der Waals surface area contributed by atoms with E-state index in [1.54, 1.807) is 11.1 Å². The molecular weight excluding hydrogens is 268 g/mol. The Balaban J connectivity index is 2.05. The molecule has 1 amide bonds. The van der Waals surface area contributed by atoms with E-state index in [2.05, 4.69) is 30.7 Å². The number of hydrogen-bond donors (Lipinski definition) is 2. The van der Waals surface area contributed by atoms with Gasteiger partial charge >= 0.3 is 6.09 Å². The Hall–Kier alpha value is -1.98. The highest BCUT2D eigenvalue weighted by molar-refractivity contribution is 5.66. The van der Waals surface area contributed by atoms with Crippen LogP contribution in [-0.4, -0.2) is 46.8 Å². The lowest BCUT2D eigenvalue weighted by Crippen LogP contribution is -2.45. The van der Waals surface area contributed by atoms with Crippen molar-refractivity contribution < 1.29 is 9.90 Å². The first-order chi connectivity index (χ1) is 9.76. The maximum Gasteiger partial charge on any atom is 0.407 e. The van der Waals surface area contributed by atoms with Crippen LogP contribution in [0.25, 0.3) is 0 Å². The Labute approximate surface area is 125 Å². The second-order valence-electron chi connectivity index (χ2n) is 6.81. The van der Waals surface area contributed by atoms with E-state index < -0.39 is 6.09 Å². The zero-order chi connectivity index (χ0) is 15.6. The Morgan fingerprint density at radius 1 is 1.52 bits per heavy atom. The predicted molar refractivity (Wildman–Crippen MR) is 83.5 cm³/mol. The first-order valence-electron chi connectivity index (χ1n) is 7.22. The lowest BCUT2D eigenvalue weighted by molar-refractivity contribution is 0.107. The van der Waals surface area contributed by atoms with E-state index in [9.17, 15) is 9.90 Å². The van der Waals surface area contributed by atoms with Gasteiger partial charge in [0.1, 0.15) is 5.82 Å². The molecule has 0 saturated carbocycles. The SMILES string of the molecule is CC(C)(C)CN(C(=O)O)C1CCN(c2ccc(N)cn2)C1. The highest BCUT2D eigenvalue weighted by Crippen LogP contribution is 2.25. The number of anilines is 2. The van der Waals surface area contributed by atoms with Gasteiger partial charge in [-0.25, -0.2) is 9.78 Å². The first kappa shape index (κ1) is 15.4. The number of hydrogen-bond acceptors (Lipinski definition) is 4. The van der Waals surface area contributed by atoms with Crippen LogP contribution >= 0.6 is 0 Å². The molecule has 21 heavy (non-hydrogen) atoms. The van der Waals surface area contributed by atoms with E-state index in [4.69, 9.17) is 5.73 Å². The summed E-state index contributed by atoms with van der Waals surface area (Å²) in [5.41, 5.74) is 6.23. The van der Waals surface area contributed by atoms with E-state index in [1.165, 1.54) is 0 Å². The average Bonchev–Trinajstić information content (AvgIpc) is 2.85. The van der Waals surface area contributed by atoms with Crippen LogP contribution in [0.5, 0.6) is 0 Å². The molecule has 1 unspecified atom stereocenters. The van der Waals surface area contributed by atoms with Crippen LogP contribution in [0.4, 0.5) is 16.3 Å². The molecule has 3 N–H and O–H groups in total. The zero-order valence-corrected chi connectivity index (χ0v) is 12.9. The molecule has 1 atom stereocenters. The van der Waals surface area contributed by atoms with Crippen molar-refractivity contribution >= 4 is 17.6 Å². The van der Waals surface area contributed by atoms with Gasteiger partial charge < -0.3 is 20.6 Å². The number of nitrogen functional groups attached to an aromatic ring is 1. The monoisotopic (exact) mass is 292 g/mol. The van der Waals surface area contributed by atoms with Crippen molar-refractivity contribution in [1.82, 2.24) is 9.88 Å². The van der Waals surface area contributed by atoms with E-state index >= 15 is 0 Å². The molecule has 0 spiro atoms. The quantitative estimate of drug-likeness (QED) is 0.893. The molecule has 116 valence electrons. The summed E-state index contributed by atoms with van der Waals surface area (Å²) in [5.74, 6) is 0.854. The number of aromatic nitrogens is 1. The molecule has 0 radical (unpaired) electrons. The van der Waals surface area contributed by atoms with Gasteiger partial charge in [-0.2, -0.15) is 0 Å². The van der Waals surface area contributed by atoms with Crippen LogP contribution in [0.1, 0.15) is 27.2 Å². The highest BCUT2D eigenvalue weighted by Gasteiger charge is 2.33. The molecule has 0 aromatic carbocycles. The number of carbonyl (C=O) groups is 1. The van der Waals surface area contributed by atoms with E-state index in [-0.39, 0.29) is 11.5 Å². The maximum absolute atomic E-state index is 11.5. The van der Waals surface area contributed by atoms with Crippen LogP contribution in [0.2, 0.25) is 0 Å². The second kappa shape index (κ2) is 5.79. The van der Waals surface area contributed by atoms with Crippen molar-refractivity contribution in [3.63, 3.8) is 0 Å². The fourth-order valence-corrected chi connectivity index (χ4v) is 2.65. The molecule has 6 nitrogen and oxygen atoms in total. The minimum Gasteiger partial charge on any atom is -0.465 e. The summed E-state index contributed by atoms with van der Waals surface area (Å²) in [6.07, 6.45) is 1.61. The fraction of sp³-hybridized carbons (Fsp3) is 0.600. The first-order valence-corrected chi connectivity index (χ1v) is 7.22. The molecule has 0 bridgehead atoms. The second-order valence-corrected chi connectivity index (χ2v) is 6.81. The summed E-state index contributed by atoms with van der Waals surface area (Å²) in [7, 11) is 0. The fourth-order valence-electron chi connectivity index (χ4n) is 2.65. The Morgan fingerprint density at radius 2 is 2.24 bits per heavy atom. The van der Waals surface area contributed by atoms with Crippen LogP contribution in [0, 0.1) is 5.41 Å². The van der Waals surface area contributed by atoms with Gasteiger partial charge in [-0.15, -0.1) is 0 Å². The minimum atomic E-state index is -0.845. The summed E-state index contributed by atoms with van der Waals surface area (Å²) in [6.45, 7) is 8.19. The lowest BCUT2D eigenvalue weighted by atomic mass is 9.95. The molecule has 1 aromatic heterocycles. The van der Waals surface area contributed by atoms with Crippen molar-refractivity contribution in [1.29, 1.82) is 0 Å². The largest absolute Gasteiger partial charge is 0.465 e. The number of nitrogens with two attached hydrogens (primary N) is 1. The van der Waals surface area contributed by atoms with Crippen molar-refractivity contribution in [3.05, 3.63) is 18.3 Å². The van der Waals surface area contributed by atoms with Gasteiger partial charge in [-0.05, 0) is 24.0 Å². The van der Waals surface area contributed by atoms with Gasteiger partial charge in [0.15, 0.2) is 0 Å². The minimum absolute atomic E-state index is 0.0149. The summed E-state index contributed by atoms with van der Waals surface area (Å²) in [5, 5.41) is 9.47. The molecule has 2 heterocycles. The number of amides is 1. The normalized spacial score (nSPS) is 18.8. The molecule has 1 aliphatic rings. The van der Waals surface area contributed by atoms with E-state index in [1.807, 2.05) is 12.1 Å². The topological polar surface area (TPSA) is 82.7 Å². The van der Waals surface area contributed by atoms with Crippen molar-refractivity contribution in [2.45, 2.75) is 33.2 Å². The molecule has 1 aliphatic heterocycles. The predicted octanol–water partition coefficient (Wildman–Crippen LogP) is 2.27. The third kappa shape index (κ3) is 4.00. The molecule has 2 rings (SSSR count). The van der Waals surface area contributed by atoms with Gasteiger partial charge in [0, 0.05) is 19.6 Å². The van der Waals surface area contributed by atoms with Crippen molar-refractivity contribution in [2.24, 2.45) is 5.41 Å². The van der Waals surface area contributed by atoms with Gasteiger partial charge in [0.05, 0.1) is 17.9 Å². The standard InChI is InChI=1S/C15H24N4O2/c1-15(2,3)10-19(14(20)21)12-6-7-18(9-12)13-5-4-11(16)8-17-13/h4-5,8,12H,6-7,9-10,16H2,1-3H3,(H,20,21). The van der Waals surface area contributed by atoms with Crippen LogP contribution in [0.3, 0.4) is 0 Å². The number of nitrogens with zero attached hydrogens (tertiary/aromatic N) is 3. The number of carboxylic acid groups (broad SMARTS) is 1. The average molecular weight is 292 g/mol. The Bertz CT molecular complexity index is 495. The maximum atomic E-state index is 11.5. The van der Waals surface area contributed by atoms with Gasteiger partial charge in [-0.1, -0.05) is 20.8 Å². The van der Waals surface area contributed by atoms with Crippen LogP contribution in [-0.2, 0) is 0 Å². The smallest absolute Gasteiger partial charge is 0.407 e. The lowest BCUT2D eigenvalue weighted by Gasteiger charge is -2.32. The summed E-state index contributed by atoms with van der Waals surface area (Å²) < 4.78 is 0. The highest BCUT2D eigenvalue weighted by atomic mass is 16.4. The van der Waals surface area contributed by atoms with Crippen LogP contribution < -0.4 is 10.6 Å². The molecule has 6 heteroatoms. The number of pyridine rings is 1. The molecular formula is C15H24N4O2.